The molecule has 1 fully saturated rings. The van der Waals surface area contributed by atoms with E-state index >= 15 is 0 Å². The average molecular weight is 884 g/mol. The average Bonchev–Trinajstić information content (AvgIpc) is 3.44. The highest BCUT2D eigenvalue weighted by molar-refractivity contribution is 7.61. The third kappa shape index (κ3) is 23.0. The van der Waals surface area contributed by atoms with Gasteiger partial charge in [0, 0.05) is 19.0 Å². The van der Waals surface area contributed by atoms with Crippen LogP contribution in [0, 0.1) is 11.8 Å². The lowest BCUT2D eigenvalue weighted by atomic mass is 9.99. The quantitative estimate of drug-likeness (QED) is 0.0274. The van der Waals surface area contributed by atoms with Gasteiger partial charge in [-0.3, -0.25) is 23.2 Å². The molecule has 0 bridgehead atoms. The van der Waals surface area contributed by atoms with E-state index in [1.807, 2.05) is 0 Å². The second-order valence-electron chi connectivity index (χ2n) is 15.9. The van der Waals surface area contributed by atoms with Gasteiger partial charge in [0.15, 0.2) is 12.3 Å². The van der Waals surface area contributed by atoms with Gasteiger partial charge in [0.1, 0.15) is 30.7 Å². The van der Waals surface area contributed by atoms with Crippen molar-refractivity contribution in [1.82, 2.24) is 9.55 Å². The van der Waals surface area contributed by atoms with Crippen molar-refractivity contribution >= 4 is 33.4 Å². The molecule has 4 unspecified atom stereocenters. The number of esters is 2. The summed E-state index contributed by atoms with van der Waals surface area (Å²) in [6.45, 7) is 6.60. The maximum Gasteiger partial charge on any atom is 0.481 e. The van der Waals surface area contributed by atoms with Crippen molar-refractivity contribution in [2.45, 2.75) is 180 Å². The molecule has 1 aromatic rings. The third-order valence-corrected chi connectivity index (χ3v) is 12.8. The highest BCUT2D eigenvalue weighted by Crippen LogP contribution is 2.60. The van der Waals surface area contributed by atoms with E-state index in [0.29, 0.717) is 18.8 Å². The van der Waals surface area contributed by atoms with E-state index < -0.39 is 83.7 Å². The maximum atomic E-state index is 12.7. The Morgan fingerprint density at radius 3 is 1.93 bits per heavy atom. The van der Waals surface area contributed by atoms with Gasteiger partial charge in [-0.05, 0) is 30.7 Å². The Bertz CT molecular complexity index is 1520. The standard InChI is InChI=1S/C39H71N3O15P2/c1-5-30(4)21-17-13-8-6-7-9-15-19-23-35(44)55-31(26-52-34(43)22-18-14-11-10-12-16-20-29(2)3)27-53-58(48,49)57-59(50,51)54-28-32-36(45)37(46)38(56-32)42-25-24-33(40)41-39(42)47/h24-25,29-32,36-38,45-46H,5-23,26-28H2,1-4H3,(H,48,49)(H,50,51)(H2,40,41,47)/t30?,31-,32-,36+,37?,38-/m1/s1. The Morgan fingerprint density at radius 1 is 0.814 bits per heavy atom. The number of unbranched alkanes of at least 4 members (excludes halogenated alkanes) is 12. The summed E-state index contributed by atoms with van der Waals surface area (Å²) in [7, 11) is -10.8. The van der Waals surface area contributed by atoms with Crippen molar-refractivity contribution in [3.63, 3.8) is 0 Å². The molecule has 0 saturated carbocycles. The Kier molecular flexibility index (Phi) is 25.4. The number of hydrogen-bond acceptors (Lipinski definition) is 15. The van der Waals surface area contributed by atoms with E-state index in [1.165, 1.54) is 51.0 Å². The topological polar surface area (TPSA) is 265 Å². The van der Waals surface area contributed by atoms with Crippen LogP contribution in [0.25, 0.3) is 0 Å². The number of aliphatic hydroxyl groups is 2. The van der Waals surface area contributed by atoms with E-state index in [4.69, 9.17) is 29.0 Å². The van der Waals surface area contributed by atoms with Crippen LogP contribution in [0.2, 0.25) is 0 Å². The third-order valence-electron chi connectivity index (χ3n) is 10.2. The van der Waals surface area contributed by atoms with Gasteiger partial charge >= 0.3 is 33.3 Å². The molecule has 18 nitrogen and oxygen atoms in total. The predicted molar refractivity (Wildman–Crippen MR) is 220 cm³/mol. The van der Waals surface area contributed by atoms with Crippen molar-refractivity contribution in [2.75, 3.05) is 25.6 Å². The summed E-state index contributed by atoms with van der Waals surface area (Å²) in [5.74, 6) is 0.143. The Hall–Kier alpha value is -2.24. The van der Waals surface area contributed by atoms with Crippen LogP contribution in [0.3, 0.4) is 0 Å². The number of phosphoric ester groups is 2. The molecule has 20 heteroatoms. The number of carbonyl (C=O) groups excluding carboxylic acids is 2. The number of nitrogens with zero attached hydrogens (tertiary/aromatic N) is 2. The van der Waals surface area contributed by atoms with Gasteiger partial charge in [-0.15, -0.1) is 0 Å². The van der Waals surface area contributed by atoms with E-state index in [-0.39, 0.29) is 18.7 Å². The smallest absolute Gasteiger partial charge is 0.462 e. The lowest BCUT2D eigenvalue weighted by Gasteiger charge is -2.21. The number of hydrogen-bond donors (Lipinski definition) is 5. The normalized spacial score (nSPS) is 21.2. The molecule has 1 aliphatic heterocycles. The molecule has 8 atom stereocenters. The minimum atomic E-state index is -5.41. The van der Waals surface area contributed by atoms with Gasteiger partial charge in [-0.2, -0.15) is 9.29 Å². The van der Waals surface area contributed by atoms with Gasteiger partial charge in [-0.25, -0.2) is 13.9 Å². The lowest BCUT2D eigenvalue weighted by molar-refractivity contribution is -0.161. The zero-order valence-corrected chi connectivity index (χ0v) is 37.2. The number of nitrogens with two attached hydrogens (primary N) is 1. The summed E-state index contributed by atoms with van der Waals surface area (Å²) in [6, 6.07) is 1.25. The Morgan fingerprint density at radius 2 is 1.36 bits per heavy atom. The largest absolute Gasteiger partial charge is 0.481 e. The maximum absolute atomic E-state index is 12.7. The van der Waals surface area contributed by atoms with Gasteiger partial charge in [-0.1, -0.05) is 124 Å². The molecule has 2 rings (SSSR count). The number of anilines is 1. The lowest BCUT2D eigenvalue weighted by Crippen LogP contribution is -2.36. The van der Waals surface area contributed by atoms with Crippen molar-refractivity contribution in [1.29, 1.82) is 0 Å². The van der Waals surface area contributed by atoms with Crippen LogP contribution in [0.15, 0.2) is 17.1 Å². The monoisotopic (exact) mass is 883 g/mol. The van der Waals surface area contributed by atoms with Gasteiger partial charge in [0.25, 0.3) is 0 Å². The van der Waals surface area contributed by atoms with Crippen LogP contribution in [-0.2, 0) is 46.3 Å². The zero-order valence-electron chi connectivity index (χ0n) is 35.4. The van der Waals surface area contributed by atoms with Crippen molar-refractivity contribution in [2.24, 2.45) is 11.8 Å². The number of aromatic nitrogens is 2. The van der Waals surface area contributed by atoms with Crippen molar-refractivity contribution < 1.29 is 66.3 Å². The summed E-state index contributed by atoms with van der Waals surface area (Å²) in [6.07, 6.45) is 11.2. The molecule has 2 heterocycles. The molecule has 0 radical (unpaired) electrons. The summed E-state index contributed by atoms with van der Waals surface area (Å²) in [5.41, 5.74) is 4.57. The minimum absolute atomic E-state index is 0.0532. The highest BCUT2D eigenvalue weighted by atomic mass is 31.3. The first-order valence-electron chi connectivity index (χ1n) is 21.3. The summed E-state index contributed by atoms with van der Waals surface area (Å²) < 4.78 is 56.4. The SMILES string of the molecule is CCC(C)CCCCCCCCCCC(=O)O[C@H](COC(=O)CCCCCCCCC(C)C)COP(=O)(O)OP(=O)(O)OC[C@H]1O[C@@H](n2ccc(N)nc2=O)C(O)[C@H]1O. The molecular weight excluding hydrogens is 812 g/mol. The minimum Gasteiger partial charge on any atom is -0.462 e. The van der Waals surface area contributed by atoms with Crippen molar-refractivity contribution in [3.05, 3.63) is 22.7 Å². The van der Waals surface area contributed by atoms with E-state index in [0.717, 1.165) is 68.0 Å². The molecule has 1 aromatic heterocycles. The van der Waals surface area contributed by atoms with Crippen LogP contribution >= 0.6 is 15.6 Å². The van der Waals surface area contributed by atoms with Gasteiger partial charge in [0.2, 0.25) is 0 Å². The first-order chi connectivity index (χ1) is 27.9. The molecule has 342 valence electrons. The fourth-order valence-corrected chi connectivity index (χ4v) is 8.52. The van der Waals surface area contributed by atoms with Crippen LogP contribution < -0.4 is 11.4 Å². The highest BCUT2D eigenvalue weighted by Gasteiger charge is 2.46. The molecule has 1 saturated heterocycles. The molecule has 0 spiro atoms. The van der Waals surface area contributed by atoms with Crippen molar-refractivity contribution in [3.8, 4) is 0 Å². The number of nitrogen functional groups attached to an aromatic ring is 1. The Labute approximate surface area is 349 Å². The number of carbonyl (C=O) groups is 2. The fraction of sp³-hybridized carbons (Fsp3) is 0.846. The number of aliphatic hydroxyl groups excluding tert-OH is 2. The van der Waals surface area contributed by atoms with E-state index in [1.54, 1.807) is 0 Å². The molecule has 0 aliphatic carbocycles. The summed E-state index contributed by atoms with van der Waals surface area (Å²) >= 11 is 0. The first-order valence-corrected chi connectivity index (χ1v) is 24.3. The molecule has 59 heavy (non-hydrogen) atoms. The molecule has 1 aliphatic rings. The number of ether oxygens (including phenoxy) is 3. The van der Waals surface area contributed by atoms with Gasteiger partial charge < -0.3 is 39.9 Å². The Balaban J connectivity index is 1.86. The fourth-order valence-electron chi connectivity index (χ4n) is 6.41. The van der Waals surface area contributed by atoms with Crippen LogP contribution in [-0.4, -0.2) is 85.7 Å². The van der Waals surface area contributed by atoms with E-state index in [2.05, 4.69) is 37.0 Å². The number of phosphoric acid groups is 2. The predicted octanol–water partition coefficient (Wildman–Crippen LogP) is 6.87. The zero-order chi connectivity index (χ0) is 43.8. The summed E-state index contributed by atoms with van der Waals surface area (Å²) in [5, 5.41) is 20.8. The molecule has 0 aromatic carbocycles. The number of rotatable bonds is 33. The van der Waals surface area contributed by atoms with Gasteiger partial charge in [0.05, 0.1) is 13.2 Å². The second-order valence-corrected chi connectivity index (χ2v) is 19.0. The van der Waals surface area contributed by atoms with E-state index in [9.17, 15) is 43.5 Å². The molecule has 0 amide bonds. The van der Waals surface area contributed by atoms with Crippen LogP contribution in [0.1, 0.15) is 156 Å². The van der Waals surface area contributed by atoms with Crippen LogP contribution in [0.4, 0.5) is 5.82 Å². The summed E-state index contributed by atoms with van der Waals surface area (Å²) in [4.78, 5) is 61.4. The molecular formula is C39H71N3O15P2. The molecule has 6 N–H and O–H groups in total. The van der Waals surface area contributed by atoms with Crippen LogP contribution in [0.5, 0.6) is 0 Å². The second kappa shape index (κ2) is 28.4. The first kappa shape index (κ1) is 52.9.